The minimum atomic E-state index is -0.537. The maximum absolute atomic E-state index is 12.8. The Kier molecular flexibility index (Phi) is 7.67. The van der Waals surface area contributed by atoms with Gasteiger partial charge in [0.2, 0.25) is 5.91 Å². The van der Waals surface area contributed by atoms with Crippen LogP contribution in [0.3, 0.4) is 0 Å². The summed E-state index contributed by atoms with van der Waals surface area (Å²) in [7, 11) is 0. The first-order valence-electron chi connectivity index (χ1n) is 10.1. The molecule has 0 aromatic carbocycles. The number of aromatic nitrogens is 2. The largest absolute Gasteiger partial charge is 0.466 e. The third-order valence-corrected chi connectivity index (χ3v) is 6.40. The smallest absolute Gasteiger partial charge is 0.312 e. The van der Waals surface area contributed by atoms with Gasteiger partial charge in [0, 0.05) is 32.1 Å². The average molecular weight is 408 g/mol. The fourth-order valence-electron chi connectivity index (χ4n) is 3.94. The van der Waals surface area contributed by atoms with E-state index >= 15 is 0 Å². The molecule has 2 fully saturated rings. The number of hydrogen-bond donors (Lipinski definition) is 0. The molecule has 0 spiro atoms. The van der Waals surface area contributed by atoms with Crippen molar-refractivity contribution in [3.63, 3.8) is 0 Å². The highest BCUT2D eigenvalue weighted by Gasteiger charge is 2.45. The van der Waals surface area contributed by atoms with E-state index in [0.717, 1.165) is 25.9 Å². The van der Waals surface area contributed by atoms with Gasteiger partial charge in [-0.1, -0.05) is 11.8 Å². The van der Waals surface area contributed by atoms with E-state index in [4.69, 9.17) is 9.47 Å². The van der Waals surface area contributed by atoms with Crippen molar-refractivity contribution >= 4 is 23.6 Å². The second-order valence-corrected chi connectivity index (χ2v) is 8.34. The molecule has 8 heteroatoms. The molecule has 0 radical (unpaired) electrons. The van der Waals surface area contributed by atoms with Gasteiger partial charge in [0.15, 0.2) is 5.16 Å². The van der Waals surface area contributed by atoms with Gasteiger partial charge in [-0.2, -0.15) is 0 Å². The minimum absolute atomic E-state index is 0.0591. The number of carbonyl (C=O) groups excluding carboxylic acids is 2. The number of amides is 1. The normalized spacial score (nSPS) is 21.9. The molecule has 1 aromatic heterocycles. The van der Waals surface area contributed by atoms with Gasteiger partial charge >= 0.3 is 5.97 Å². The van der Waals surface area contributed by atoms with Crippen molar-refractivity contribution in [2.24, 2.45) is 5.41 Å². The van der Waals surface area contributed by atoms with E-state index in [0.29, 0.717) is 49.9 Å². The summed E-state index contributed by atoms with van der Waals surface area (Å²) in [5, 5.41) is 0.600. The van der Waals surface area contributed by atoms with Crippen LogP contribution >= 0.6 is 11.8 Å². The number of carbonyl (C=O) groups is 2. The lowest BCUT2D eigenvalue weighted by atomic mass is 9.73. The molecule has 1 aromatic rings. The Morgan fingerprint density at radius 3 is 2.68 bits per heavy atom. The Morgan fingerprint density at radius 2 is 2.04 bits per heavy atom. The fourth-order valence-corrected chi connectivity index (χ4v) is 4.65. The van der Waals surface area contributed by atoms with Crippen LogP contribution < -0.4 is 0 Å². The number of rotatable bonds is 7. The summed E-state index contributed by atoms with van der Waals surface area (Å²) in [5.41, 5.74) is -0.537. The van der Waals surface area contributed by atoms with Crippen molar-refractivity contribution in [1.82, 2.24) is 14.9 Å². The van der Waals surface area contributed by atoms with Gasteiger partial charge in [-0.05, 0) is 51.5 Å². The summed E-state index contributed by atoms with van der Waals surface area (Å²) < 4.78 is 11.3. The van der Waals surface area contributed by atoms with Gasteiger partial charge in [0.05, 0.1) is 23.9 Å². The van der Waals surface area contributed by atoms with Crippen molar-refractivity contribution in [3.05, 3.63) is 18.5 Å². The van der Waals surface area contributed by atoms with Gasteiger partial charge in [0.1, 0.15) is 0 Å². The molecular weight excluding hydrogens is 378 g/mol. The molecule has 2 aliphatic heterocycles. The Balaban J connectivity index is 1.56. The molecule has 7 nitrogen and oxygen atoms in total. The molecule has 2 aliphatic rings. The Morgan fingerprint density at radius 1 is 1.29 bits per heavy atom. The molecule has 0 N–H and O–H groups in total. The van der Waals surface area contributed by atoms with Crippen molar-refractivity contribution in [2.45, 2.75) is 56.7 Å². The molecule has 1 unspecified atom stereocenters. The summed E-state index contributed by atoms with van der Waals surface area (Å²) >= 11 is 1.34. The van der Waals surface area contributed by atoms with Gasteiger partial charge in [-0.25, -0.2) is 9.97 Å². The fraction of sp³-hybridized carbons (Fsp3) is 0.700. The lowest BCUT2D eigenvalue weighted by molar-refractivity contribution is -0.164. The molecule has 0 bridgehead atoms. The molecule has 1 amide bonds. The molecule has 1 atom stereocenters. The predicted molar refractivity (Wildman–Crippen MR) is 106 cm³/mol. The summed E-state index contributed by atoms with van der Waals surface area (Å²) in [4.78, 5) is 35.5. The van der Waals surface area contributed by atoms with Gasteiger partial charge in [-0.15, -0.1) is 0 Å². The van der Waals surface area contributed by atoms with E-state index in [9.17, 15) is 9.59 Å². The zero-order valence-corrected chi connectivity index (χ0v) is 17.3. The van der Waals surface area contributed by atoms with Crippen LogP contribution in [0, 0.1) is 5.41 Å². The van der Waals surface area contributed by atoms with E-state index in [1.54, 1.807) is 18.5 Å². The molecule has 0 aliphatic carbocycles. The van der Waals surface area contributed by atoms with Crippen LogP contribution in [0.2, 0.25) is 0 Å². The molecule has 2 saturated heterocycles. The van der Waals surface area contributed by atoms with Crippen LogP contribution in [0.5, 0.6) is 0 Å². The summed E-state index contributed by atoms with van der Waals surface area (Å²) in [6, 6.07) is 1.75. The quantitative estimate of drug-likeness (QED) is 0.390. The van der Waals surface area contributed by atoms with Crippen LogP contribution in [0.4, 0.5) is 0 Å². The standard InChI is InChI=1S/C20H29N3O4S/c1-2-26-18(25)20(14-16-6-3-4-13-27-16)7-11-23(12-8-20)17(24)15-28-19-21-9-5-10-22-19/h5,9-10,16H,2-4,6-8,11-15H2,1H3. The van der Waals surface area contributed by atoms with Crippen molar-refractivity contribution in [3.8, 4) is 0 Å². The number of hydrogen-bond acceptors (Lipinski definition) is 7. The second-order valence-electron chi connectivity index (χ2n) is 7.39. The molecule has 3 heterocycles. The zero-order chi connectivity index (χ0) is 19.8. The number of piperidine rings is 1. The van der Waals surface area contributed by atoms with E-state index in [1.165, 1.54) is 11.8 Å². The summed E-state index contributed by atoms with van der Waals surface area (Å²) in [6.07, 6.45) is 8.64. The minimum Gasteiger partial charge on any atom is -0.466 e. The summed E-state index contributed by atoms with van der Waals surface area (Å²) in [5.74, 6) is 0.231. The Labute approximate surface area is 170 Å². The topological polar surface area (TPSA) is 81.6 Å². The maximum atomic E-state index is 12.8. The van der Waals surface area contributed by atoms with E-state index in [1.807, 2.05) is 11.8 Å². The Bertz CT molecular complexity index is 644. The first-order chi connectivity index (χ1) is 13.6. The van der Waals surface area contributed by atoms with Gasteiger partial charge < -0.3 is 14.4 Å². The molecule has 28 heavy (non-hydrogen) atoms. The van der Waals surface area contributed by atoms with Gasteiger partial charge in [0.25, 0.3) is 0 Å². The molecule has 0 saturated carbocycles. The van der Waals surface area contributed by atoms with Gasteiger partial charge in [-0.3, -0.25) is 9.59 Å². The van der Waals surface area contributed by atoms with Crippen molar-refractivity contribution in [1.29, 1.82) is 0 Å². The molecule has 3 rings (SSSR count). The Hall–Kier alpha value is -1.67. The van der Waals surface area contributed by atoms with Crippen LogP contribution in [0.15, 0.2) is 23.6 Å². The van der Waals surface area contributed by atoms with Crippen molar-refractivity contribution in [2.75, 3.05) is 32.1 Å². The van der Waals surface area contributed by atoms with Crippen LogP contribution in [-0.2, 0) is 19.1 Å². The zero-order valence-electron chi connectivity index (χ0n) is 16.5. The number of likely N-dealkylation sites (tertiary alicyclic amines) is 1. The highest BCUT2D eigenvalue weighted by molar-refractivity contribution is 7.99. The van der Waals surface area contributed by atoms with E-state index in [-0.39, 0.29) is 18.0 Å². The maximum Gasteiger partial charge on any atom is 0.312 e. The van der Waals surface area contributed by atoms with Crippen LogP contribution in [0.1, 0.15) is 45.4 Å². The SMILES string of the molecule is CCOC(=O)C1(CC2CCCCO2)CCN(C(=O)CSc2ncccn2)CC1. The third-order valence-electron chi connectivity index (χ3n) is 5.54. The molecule has 154 valence electrons. The first kappa shape index (κ1) is 21.0. The molecular formula is C20H29N3O4S. The predicted octanol–water partition coefficient (Wildman–Crippen LogP) is 2.70. The second kappa shape index (κ2) is 10.2. The van der Waals surface area contributed by atoms with E-state index in [2.05, 4.69) is 9.97 Å². The third kappa shape index (κ3) is 5.44. The van der Waals surface area contributed by atoms with E-state index < -0.39 is 5.41 Å². The lowest BCUT2D eigenvalue weighted by Crippen LogP contribution is -2.49. The van der Waals surface area contributed by atoms with Crippen molar-refractivity contribution < 1.29 is 19.1 Å². The highest BCUT2D eigenvalue weighted by atomic mass is 32.2. The number of ether oxygens (including phenoxy) is 2. The average Bonchev–Trinajstić information content (AvgIpc) is 2.74. The number of thioether (sulfide) groups is 1. The first-order valence-corrected chi connectivity index (χ1v) is 11.1. The lowest BCUT2D eigenvalue weighted by Gasteiger charge is -2.42. The highest BCUT2D eigenvalue weighted by Crippen LogP contribution is 2.40. The monoisotopic (exact) mass is 407 g/mol. The van der Waals surface area contributed by atoms with Crippen LogP contribution in [0.25, 0.3) is 0 Å². The summed E-state index contributed by atoms with van der Waals surface area (Å²) in [6.45, 7) is 4.13. The van der Waals surface area contributed by atoms with Crippen LogP contribution in [-0.4, -0.2) is 64.9 Å². The number of esters is 1. The number of nitrogens with zero attached hydrogens (tertiary/aromatic N) is 3.